The fourth-order valence-electron chi connectivity index (χ4n) is 2.34. The van der Waals surface area contributed by atoms with Crippen LogP contribution in [0.4, 0.5) is 0 Å². The maximum Gasteiger partial charge on any atom is 0.314 e. The van der Waals surface area contributed by atoms with E-state index in [0.717, 1.165) is 5.56 Å². The van der Waals surface area contributed by atoms with Gasteiger partial charge in [0, 0.05) is 12.1 Å². The summed E-state index contributed by atoms with van der Waals surface area (Å²) in [6, 6.07) is 9.80. The van der Waals surface area contributed by atoms with Gasteiger partial charge in [-0.2, -0.15) is 5.10 Å². The molecule has 126 valence electrons. The van der Waals surface area contributed by atoms with E-state index in [1.807, 2.05) is 44.2 Å². The fourth-order valence-corrected chi connectivity index (χ4v) is 2.34. The summed E-state index contributed by atoms with van der Waals surface area (Å²) in [5.41, 5.74) is 4.19. The normalized spacial score (nSPS) is 12.8. The fraction of sp³-hybridized carbons (Fsp3) is 0.500. The number of ether oxygens (including phenoxy) is 1. The zero-order valence-corrected chi connectivity index (χ0v) is 14.3. The Labute approximate surface area is 138 Å². The molecule has 0 aliphatic carbocycles. The molecule has 5 heteroatoms. The molecule has 1 aromatic carbocycles. The molecule has 1 atom stereocenters. The van der Waals surface area contributed by atoms with Gasteiger partial charge in [-0.15, -0.1) is 0 Å². The van der Waals surface area contributed by atoms with Gasteiger partial charge in [0.25, 0.3) is 0 Å². The highest BCUT2D eigenvalue weighted by Gasteiger charge is 2.26. The molecule has 0 heterocycles. The van der Waals surface area contributed by atoms with E-state index < -0.39 is 5.92 Å². The summed E-state index contributed by atoms with van der Waals surface area (Å²) in [6.45, 7) is 7.70. The number of carbonyl (C=O) groups excluding carboxylic acids is 2. The molecule has 0 fully saturated rings. The van der Waals surface area contributed by atoms with Crippen molar-refractivity contribution >= 4 is 17.6 Å². The number of rotatable bonds is 8. The number of esters is 1. The molecule has 0 radical (unpaired) electrons. The predicted molar refractivity (Wildman–Crippen MR) is 91.0 cm³/mol. The van der Waals surface area contributed by atoms with Crippen molar-refractivity contribution in [2.24, 2.45) is 16.9 Å². The summed E-state index contributed by atoms with van der Waals surface area (Å²) in [6.07, 6.45) is 1.01. The topological polar surface area (TPSA) is 67.8 Å². The van der Waals surface area contributed by atoms with Crippen LogP contribution in [0.25, 0.3) is 0 Å². The zero-order valence-electron chi connectivity index (χ0n) is 14.3. The summed E-state index contributed by atoms with van der Waals surface area (Å²) in [7, 11) is 0. The summed E-state index contributed by atoms with van der Waals surface area (Å²) >= 11 is 0. The Morgan fingerprint density at radius 3 is 2.43 bits per heavy atom. The average molecular weight is 318 g/mol. The van der Waals surface area contributed by atoms with Crippen LogP contribution in [0.1, 0.15) is 39.7 Å². The molecule has 0 aromatic heterocycles. The second-order valence-electron chi connectivity index (χ2n) is 5.75. The van der Waals surface area contributed by atoms with Crippen LogP contribution in [0.5, 0.6) is 0 Å². The Morgan fingerprint density at radius 2 is 1.87 bits per heavy atom. The van der Waals surface area contributed by atoms with Crippen LogP contribution in [-0.2, 0) is 20.7 Å². The number of hydrogen-bond acceptors (Lipinski definition) is 4. The second kappa shape index (κ2) is 9.77. The largest absolute Gasteiger partial charge is 0.465 e. The van der Waals surface area contributed by atoms with Gasteiger partial charge in [0.15, 0.2) is 0 Å². The standard InChI is InChI=1S/C18H26N2O3/c1-5-23-18(22)17(13(2)3)14(4)19-20-16(21)12-11-15-9-7-6-8-10-15/h6-10,13,17H,5,11-12H2,1-4H3,(H,20,21)/b19-14+. The van der Waals surface area contributed by atoms with Crippen LogP contribution in [0, 0.1) is 11.8 Å². The van der Waals surface area contributed by atoms with Crippen LogP contribution >= 0.6 is 0 Å². The third kappa shape index (κ3) is 6.63. The highest BCUT2D eigenvalue weighted by molar-refractivity contribution is 6.01. The summed E-state index contributed by atoms with van der Waals surface area (Å²) in [5.74, 6) is -0.856. The Morgan fingerprint density at radius 1 is 1.22 bits per heavy atom. The smallest absolute Gasteiger partial charge is 0.314 e. The van der Waals surface area contributed by atoms with E-state index in [2.05, 4.69) is 10.5 Å². The number of nitrogens with zero attached hydrogens (tertiary/aromatic N) is 1. The van der Waals surface area contributed by atoms with Crippen LogP contribution in [0.3, 0.4) is 0 Å². The number of aryl methyl sites for hydroxylation is 1. The molecule has 0 saturated heterocycles. The van der Waals surface area contributed by atoms with Gasteiger partial charge in [-0.1, -0.05) is 44.2 Å². The number of hydrazone groups is 1. The highest BCUT2D eigenvalue weighted by Crippen LogP contribution is 2.15. The van der Waals surface area contributed by atoms with Gasteiger partial charge in [0.2, 0.25) is 5.91 Å². The number of benzene rings is 1. The van der Waals surface area contributed by atoms with Crippen molar-refractivity contribution in [1.82, 2.24) is 5.43 Å². The van der Waals surface area contributed by atoms with E-state index in [4.69, 9.17) is 4.74 Å². The molecule has 0 aliphatic rings. The SMILES string of the molecule is CCOC(=O)C(/C(C)=N/NC(=O)CCc1ccccc1)C(C)C. The van der Waals surface area contributed by atoms with Crippen LogP contribution in [0.15, 0.2) is 35.4 Å². The third-order valence-corrected chi connectivity index (χ3v) is 3.50. The van der Waals surface area contributed by atoms with E-state index in [0.29, 0.717) is 25.2 Å². The quantitative estimate of drug-likeness (QED) is 0.455. The van der Waals surface area contributed by atoms with Gasteiger partial charge in [-0.25, -0.2) is 5.43 Å². The van der Waals surface area contributed by atoms with Crippen molar-refractivity contribution in [3.8, 4) is 0 Å². The van der Waals surface area contributed by atoms with Crippen molar-refractivity contribution in [2.45, 2.75) is 40.5 Å². The van der Waals surface area contributed by atoms with Gasteiger partial charge in [0.1, 0.15) is 0 Å². The van der Waals surface area contributed by atoms with E-state index in [9.17, 15) is 9.59 Å². The van der Waals surface area contributed by atoms with E-state index >= 15 is 0 Å². The van der Waals surface area contributed by atoms with Gasteiger partial charge in [0.05, 0.1) is 12.5 Å². The molecule has 0 aliphatic heterocycles. The minimum atomic E-state index is -0.440. The maximum atomic E-state index is 12.0. The van der Waals surface area contributed by atoms with Crippen molar-refractivity contribution in [3.63, 3.8) is 0 Å². The summed E-state index contributed by atoms with van der Waals surface area (Å²) < 4.78 is 5.07. The zero-order chi connectivity index (χ0) is 17.2. The lowest BCUT2D eigenvalue weighted by molar-refractivity contribution is -0.146. The van der Waals surface area contributed by atoms with Crippen LogP contribution < -0.4 is 5.43 Å². The second-order valence-corrected chi connectivity index (χ2v) is 5.75. The van der Waals surface area contributed by atoms with Gasteiger partial charge in [-0.3, -0.25) is 9.59 Å². The molecular weight excluding hydrogens is 292 g/mol. The molecule has 1 rings (SSSR count). The first-order valence-electron chi connectivity index (χ1n) is 7.99. The number of amides is 1. The van der Waals surface area contributed by atoms with Crippen molar-refractivity contribution in [2.75, 3.05) is 6.61 Å². The van der Waals surface area contributed by atoms with Crippen molar-refractivity contribution < 1.29 is 14.3 Å². The van der Waals surface area contributed by atoms with E-state index in [-0.39, 0.29) is 17.8 Å². The van der Waals surface area contributed by atoms with Crippen LogP contribution in [0.2, 0.25) is 0 Å². The Kier molecular flexibility index (Phi) is 8.02. The number of nitrogens with one attached hydrogen (secondary N) is 1. The van der Waals surface area contributed by atoms with Crippen LogP contribution in [-0.4, -0.2) is 24.2 Å². The van der Waals surface area contributed by atoms with Crippen molar-refractivity contribution in [3.05, 3.63) is 35.9 Å². The number of carbonyl (C=O) groups is 2. The highest BCUT2D eigenvalue weighted by atomic mass is 16.5. The third-order valence-electron chi connectivity index (χ3n) is 3.50. The molecule has 0 saturated carbocycles. The maximum absolute atomic E-state index is 12.0. The molecule has 1 N–H and O–H groups in total. The molecule has 1 amide bonds. The Bertz CT molecular complexity index is 538. The van der Waals surface area contributed by atoms with Crippen molar-refractivity contribution in [1.29, 1.82) is 0 Å². The number of hydrogen-bond donors (Lipinski definition) is 1. The predicted octanol–water partition coefficient (Wildman–Crippen LogP) is 2.95. The Balaban J connectivity index is 2.55. The Hall–Kier alpha value is -2.17. The van der Waals surface area contributed by atoms with E-state index in [1.54, 1.807) is 13.8 Å². The van der Waals surface area contributed by atoms with Gasteiger partial charge >= 0.3 is 5.97 Å². The molecular formula is C18H26N2O3. The summed E-state index contributed by atoms with van der Waals surface area (Å²) in [4.78, 5) is 23.8. The van der Waals surface area contributed by atoms with Gasteiger partial charge in [-0.05, 0) is 31.7 Å². The van der Waals surface area contributed by atoms with E-state index in [1.165, 1.54) is 0 Å². The average Bonchev–Trinajstić information content (AvgIpc) is 2.52. The molecule has 1 unspecified atom stereocenters. The lowest BCUT2D eigenvalue weighted by Crippen LogP contribution is -2.31. The molecule has 5 nitrogen and oxygen atoms in total. The first kappa shape index (κ1) is 18.9. The molecule has 1 aromatic rings. The molecule has 23 heavy (non-hydrogen) atoms. The van der Waals surface area contributed by atoms with Gasteiger partial charge < -0.3 is 4.74 Å². The monoisotopic (exact) mass is 318 g/mol. The molecule has 0 spiro atoms. The minimum absolute atomic E-state index is 0.0546. The lowest BCUT2D eigenvalue weighted by atomic mass is 9.92. The molecule has 0 bridgehead atoms. The lowest BCUT2D eigenvalue weighted by Gasteiger charge is -2.18. The minimum Gasteiger partial charge on any atom is -0.465 e. The summed E-state index contributed by atoms with van der Waals surface area (Å²) in [5, 5.41) is 4.08. The first-order valence-corrected chi connectivity index (χ1v) is 7.99. The first-order chi connectivity index (χ1) is 11.0.